The van der Waals surface area contributed by atoms with E-state index in [4.69, 9.17) is 10.5 Å². The number of aromatic nitrogens is 2. The number of ether oxygens (including phenoxy) is 1. The molecule has 2 unspecified atom stereocenters. The summed E-state index contributed by atoms with van der Waals surface area (Å²) >= 11 is 0. The lowest BCUT2D eigenvalue weighted by Gasteiger charge is -2.28. The molecule has 0 bridgehead atoms. The Bertz CT molecular complexity index is 291. The van der Waals surface area contributed by atoms with E-state index >= 15 is 0 Å². The molecule has 15 heavy (non-hydrogen) atoms. The predicted molar refractivity (Wildman–Crippen MR) is 57.1 cm³/mol. The number of hydrogen-bond donors (Lipinski definition) is 1. The fourth-order valence-corrected chi connectivity index (χ4v) is 1.92. The highest BCUT2D eigenvalue weighted by molar-refractivity contribution is 4.87. The first-order valence-electron chi connectivity index (χ1n) is 5.49. The van der Waals surface area contributed by atoms with E-state index in [0.717, 1.165) is 18.7 Å². The molecule has 0 saturated heterocycles. The predicted octanol–water partition coefficient (Wildman–Crippen LogP) is 1.26. The number of hydrogen-bond acceptors (Lipinski definition) is 4. The molecule has 1 fully saturated rings. The standard InChI is InChI=1S/C11H17N3O/c12-9-4-1-2-5-10(9)15-8-11-13-6-3-7-14-11/h3,6-7,9-10H,1-2,4-5,8,12H2. The Morgan fingerprint density at radius 2 is 2.00 bits per heavy atom. The molecule has 4 nitrogen and oxygen atoms in total. The van der Waals surface area contributed by atoms with Gasteiger partial charge in [-0.05, 0) is 18.9 Å². The molecule has 1 aromatic heterocycles. The second-order valence-electron chi connectivity index (χ2n) is 3.96. The molecular formula is C11H17N3O. The third kappa shape index (κ3) is 2.97. The summed E-state index contributed by atoms with van der Waals surface area (Å²) in [5.41, 5.74) is 5.98. The third-order valence-corrected chi connectivity index (χ3v) is 2.80. The van der Waals surface area contributed by atoms with Crippen molar-refractivity contribution in [2.75, 3.05) is 0 Å². The summed E-state index contributed by atoms with van der Waals surface area (Å²) in [5.74, 6) is 0.732. The van der Waals surface area contributed by atoms with Gasteiger partial charge in [-0.1, -0.05) is 12.8 Å². The average molecular weight is 207 g/mol. The summed E-state index contributed by atoms with van der Waals surface area (Å²) in [4.78, 5) is 8.22. The van der Waals surface area contributed by atoms with Gasteiger partial charge in [0.15, 0.2) is 5.82 Å². The fourth-order valence-electron chi connectivity index (χ4n) is 1.92. The second-order valence-corrected chi connectivity index (χ2v) is 3.96. The van der Waals surface area contributed by atoms with Gasteiger partial charge in [-0.2, -0.15) is 0 Å². The molecule has 0 amide bonds. The smallest absolute Gasteiger partial charge is 0.153 e. The molecule has 0 aromatic carbocycles. The summed E-state index contributed by atoms with van der Waals surface area (Å²) < 4.78 is 5.73. The van der Waals surface area contributed by atoms with Gasteiger partial charge in [0.1, 0.15) is 6.61 Å². The third-order valence-electron chi connectivity index (χ3n) is 2.80. The van der Waals surface area contributed by atoms with Gasteiger partial charge in [-0.3, -0.25) is 0 Å². The summed E-state index contributed by atoms with van der Waals surface area (Å²) in [6.07, 6.45) is 8.21. The zero-order valence-electron chi connectivity index (χ0n) is 8.80. The molecule has 0 spiro atoms. The lowest BCUT2D eigenvalue weighted by molar-refractivity contribution is 0.000955. The summed E-state index contributed by atoms with van der Waals surface area (Å²) in [6, 6.07) is 1.98. The molecule has 4 heteroatoms. The Kier molecular flexibility index (Phi) is 3.64. The van der Waals surface area contributed by atoms with E-state index in [2.05, 4.69) is 9.97 Å². The highest BCUT2D eigenvalue weighted by Crippen LogP contribution is 2.20. The normalized spacial score (nSPS) is 26.5. The van der Waals surface area contributed by atoms with Crippen molar-refractivity contribution < 1.29 is 4.74 Å². The SMILES string of the molecule is NC1CCCCC1OCc1ncccn1. The van der Waals surface area contributed by atoms with Gasteiger partial charge >= 0.3 is 0 Å². The van der Waals surface area contributed by atoms with Crippen LogP contribution >= 0.6 is 0 Å². The minimum atomic E-state index is 0.183. The van der Waals surface area contributed by atoms with Crippen LogP contribution in [0.3, 0.4) is 0 Å². The van der Waals surface area contributed by atoms with E-state index in [1.807, 2.05) is 0 Å². The maximum absolute atomic E-state index is 5.98. The molecule has 0 aliphatic heterocycles. The molecule has 1 heterocycles. The molecule has 1 saturated carbocycles. The molecule has 2 N–H and O–H groups in total. The number of nitrogens with two attached hydrogens (primary N) is 1. The van der Waals surface area contributed by atoms with E-state index in [1.54, 1.807) is 18.5 Å². The Morgan fingerprint density at radius 3 is 2.73 bits per heavy atom. The van der Waals surface area contributed by atoms with Crippen LogP contribution in [0, 0.1) is 0 Å². The first kappa shape index (κ1) is 10.5. The maximum Gasteiger partial charge on any atom is 0.153 e. The van der Waals surface area contributed by atoms with Crippen molar-refractivity contribution in [1.29, 1.82) is 0 Å². The van der Waals surface area contributed by atoms with E-state index in [-0.39, 0.29) is 12.1 Å². The van der Waals surface area contributed by atoms with Crippen molar-refractivity contribution in [3.63, 3.8) is 0 Å². The Morgan fingerprint density at radius 1 is 1.27 bits per heavy atom. The molecular weight excluding hydrogens is 190 g/mol. The van der Waals surface area contributed by atoms with Crippen molar-refractivity contribution in [3.05, 3.63) is 24.3 Å². The van der Waals surface area contributed by atoms with Gasteiger partial charge < -0.3 is 10.5 Å². The van der Waals surface area contributed by atoms with Crippen molar-refractivity contribution in [3.8, 4) is 0 Å². The first-order valence-corrected chi connectivity index (χ1v) is 5.49. The highest BCUT2D eigenvalue weighted by Gasteiger charge is 2.22. The van der Waals surface area contributed by atoms with Crippen LogP contribution in [0.4, 0.5) is 0 Å². The van der Waals surface area contributed by atoms with Gasteiger partial charge in [0.2, 0.25) is 0 Å². The number of rotatable bonds is 3. The molecule has 1 aliphatic rings. The molecule has 82 valence electrons. The van der Waals surface area contributed by atoms with E-state index in [0.29, 0.717) is 6.61 Å². The van der Waals surface area contributed by atoms with E-state index < -0.39 is 0 Å². The van der Waals surface area contributed by atoms with Crippen LogP contribution < -0.4 is 5.73 Å². The van der Waals surface area contributed by atoms with Crippen molar-refractivity contribution in [2.45, 2.75) is 44.4 Å². The van der Waals surface area contributed by atoms with Gasteiger partial charge in [0.05, 0.1) is 6.10 Å². The summed E-state index contributed by atoms with van der Waals surface area (Å²) in [7, 11) is 0. The van der Waals surface area contributed by atoms with E-state index in [9.17, 15) is 0 Å². The quantitative estimate of drug-likeness (QED) is 0.810. The first-order chi connectivity index (χ1) is 7.36. The molecule has 0 radical (unpaired) electrons. The molecule has 1 aliphatic carbocycles. The monoisotopic (exact) mass is 207 g/mol. The topological polar surface area (TPSA) is 61.0 Å². The van der Waals surface area contributed by atoms with Crippen LogP contribution in [0.1, 0.15) is 31.5 Å². The zero-order chi connectivity index (χ0) is 10.5. The van der Waals surface area contributed by atoms with E-state index in [1.165, 1.54) is 12.8 Å². The molecule has 1 aromatic rings. The number of nitrogens with zero attached hydrogens (tertiary/aromatic N) is 2. The summed E-state index contributed by atoms with van der Waals surface area (Å²) in [5, 5.41) is 0. The molecule has 2 atom stereocenters. The lowest BCUT2D eigenvalue weighted by atomic mass is 9.93. The maximum atomic E-state index is 5.98. The fraction of sp³-hybridized carbons (Fsp3) is 0.636. The van der Waals surface area contributed by atoms with Crippen LogP contribution in [-0.4, -0.2) is 22.1 Å². The second kappa shape index (κ2) is 5.19. The van der Waals surface area contributed by atoms with Crippen LogP contribution in [0.2, 0.25) is 0 Å². The van der Waals surface area contributed by atoms with Crippen LogP contribution in [0.25, 0.3) is 0 Å². The molecule has 2 rings (SSSR count). The minimum Gasteiger partial charge on any atom is -0.369 e. The van der Waals surface area contributed by atoms with Crippen molar-refractivity contribution >= 4 is 0 Å². The zero-order valence-corrected chi connectivity index (χ0v) is 8.80. The van der Waals surface area contributed by atoms with Gasteiger partial charge in [-0.25, -0.2) is 9.97 Å². The van der Waals surface area contributed by atoms with Crippen LogP contribution in [-0.2, 0) is 11.3 Å². The van der Waals surface area contributed by atoms with Crippen LogP contribution in [0.15, 0.2) is 18.5 Å². The summed E-state index contributed by atoms with van der Waals surface area (Å²) in [6.45, 7) is 0.471. The lowest BCUT2D eigenvalue weighted by Crippen LogP contribution is -2.39. The van der Waals surface area contributed by atoms with Gasteiger partial charge in [0.25, 0.3) is 0 Å². The van der Waals surface area contributed by atoms with Gasteiger partial charge in [-0.15, -0.1) is 0 Å². The minimum absolute atomic E-state index is 0.183. The Balaban J connectivity index is 1.82. The van der Waals surface area contributed by atoms with Crippen LogP contribution in [0.5, 0.6) is 0 Å². The van der Waals surface area contributed by atoms with Crippen molar-refractivity contribution in [1.82, 2.24) is 9.97 Å². The average Bonchev–Trinajstić information content (AvgIpc) is 2.29. The Hall–Kier alpha value is -1.00. The Labute approximate surface area is 89.9 Å². The highest BCUT2D eigenvalue weighted by atomic mass is 16.5. The largest absolute Gasteiger partial charge is 0.369 e. The van der Waals surface area contributed by atoms with Crippen molar-refractivity contribution in [2.24, 2.45) is 5.73 Å². The van der Waals surface area contributed by atoms with Gasteiger partial charge in [0, 0.05) is 18.4 Å².